The third-order valence-electron chi connectivity index (χ3n) is 5.35. The molecule has 0 saturated carbocycles. The zero-order valence-electron chi connectivity index (χ0n) is 17.7. The lowest BCUT2D eigenvalue weighted by atomic mass is 10.1. The second kappa shape index (κ2) is 9.94. The minimum absolute atomic E-state index is 0.0214. The number of ether oxygens (including phenoxy) is 1. The molecule has 0 aliphatic carbocycles. The zero-order chi connectivity index (χ0) is 21.5. The van der Waals surface area contributed by atoms with E-state index >= 15 is 0 Å². The van der Waals surface area contributed by atoms with Gasteiger partial charge in [0.05, 0.1) is 17.1 Å². The number of aryl methyl sites for hydroxylation is 1. The number of aromatic nitrogens is 2. The van der Waals surface area contributed by atoms with Crippen LogP contribution in [-0.4, -0.2) is 28.6 Å². The van der Waals surface area contributed by atoms with Gasteiger partial charge in [-0.15, -0.1) is 0 Å². The van der Waals surface area contributed by atoms with Crippen molar-refractivity contribution < 1.29 is 9.53 Å². The number of hydrogen-bond acceptors (Lipinski definition) is 3. The van der Waals surface area contributed by atoms with Gasteiger partial charge in [-0.3, -0.25) is 4.79 Å². The van der Waals surface area contributed by atoms with Crippen LogP contribution in [-0.2, 0) is 11.2 Å². The van der Waals surface area contributed by atoms with Crippen LogP contribution in [0, 0.1) is 0 Å². The Bertz CT molecular complexity index is 1120. The lowest BCUT2D eigenvalue weighted by Crippen LogP contribution is -2.30. The number of hydrogen-bond donors (Lipinski definition) is 1. The molecule has 1 atom stereocenters. The first-order chi connectivity index (χ1) is 15.2. The molecule has 5 nitrogen and oxygen atoms in total. The van der Waals surface area contributed by atoms with Gasteiger partial charge >= 0.3 is 0 Å². The number of fused-ring (bicyclic) bond motifs is 1. The summed E-state index contributed by atoms with van der Waals surface area (Å²) >= 11 is 0. The molecule has 0 fully saturated rings. The molecule has 31 heavy (non-hydrogen) atoms. The van der Waals surface area contributed by atoms with Crippen LogP contribution in [0.4, 0.5) is 0 Å². The van der Waals surface area contributed by atoms with Crippen LogP contribution < -0.4 is 10.1 Å². The highest BCUT2D eigenvalue weighted by Crippen LogP contribution is 2.26. The fourth-order valence-corrected chi connectivity index (χ4v) is 3.77. The predicted molar refractivity (Wildman–Crippen MR) is 123 cm³/mol. The average Bonchev–Trinajstić information content (AvgIpc) is 3.19. The molecule has 1 amide bonds. The summed E-state index contributed by atoms with van der Waals surface area (Å²) < 4.78 is 7.80. The fourth-order valence-electron chi connectivity index (χ4n) is 3.77. The van der Waals surface area contributed by atoms with E-state index in [1.165, 1.54) is 5.56 Å². The molecule has 3 aromatic carbocycles. The van der Waals surface area contributed by atoms with Crippen molar-refractivity contribution in [3.05, 3.63) is 96.3 Å². The van der Waals surface area contributed by atoms with Crippen LogP contribution in [0.1, 0.15) is 30.8 Å². The standard InChI is InChI=1S/C26H27N3O2/c1-20(21-11-4-2-5-12-21)29-24-16-9-8-15-23(24)28-25(29)17-10-18-27-26(30)19-31-22-13-6-3-7-14-22/h2-9,11-16,20H,10,17-19H2,1H3,(H,27,30). The van der Waals surface area contributed by atoms with Gasteiger partial charge < -0.3 is 14.6 Å². The largest absolute Gasteiger partial charge is 0.484 e. The van der Waals surface area contributed by atoms with Crippen LogP contribution >= 0.6 is 0 Å². The summed E-state index contributed by atoms with van der Waals surface area (Å²) in [7, 11) is 0. The first-order valence-electron chi connectivity index (χ1n) is 10.7. The molecule has 5 heteroatoms. The Balaban J connectivity index is 1.38. The summed E-state index contributed by atoms with van der Waals surface area (Å²) in [6, 6.07) is 28.2. The van der Waals surface area contributed by atoms with Crippen molar-refractivity contribution >= 4 is 16.9 Å². The first-order valence-corrected chi connectivity index (χ1v) is 10.7. The van der Waals surface area contributed by atoms with E-state index in [0.29, 0.717) is 12.3 Å². The molecule has 158 valence electrons. The van der Waals surface area contributed by atoms with E-state index in [1.54, 1.807) is 0 Å². The number of para-hydroxylation sites is 3. The van der Waals surface area contributed by atoms with E-state index in [4.69, 9.17) is 9.72 Å². The van der Waals surface area contributed by atoms with Crippen molar-refractivity contribution in [2.45, 2.75) is 25.8 Å². The first kappa shape index (κ1) is 20.7. The lowest BCUT2D eigenvalue weighted by Gasteiger charge is -2.18. The summed E-state index contributed by atoms with van der Waals surface area (Å²) in [5.41, 5.74) is 3.38. The van der Waals surface area contributed by atoms with E-state index in [2.05, 4.69) is 59.3 Å². The molecule has 1 unspecified atom stereocenters. The number of carbonyl (C=O) groups excluding carboxylic acids is 1. The Hall–Kier alpha value is -3.60. The Kier molecular flexibility index (Phi) is 6.62. The second-order valence-electron chi connectivity index (χ2n) is 7.53. The number of imidazole rings is 1. The van der Waals surface area contributed by atoms with Crippen LogP contribution in [0.25, 0.3) is 11.0 Å². The van der Waals surface area contributed by atoms with Gasteiger partial charge in [0.2, 0.25) is 0 Å². The number of nitrogens with one attached hydrogen (secondary N) is 1. The highest BCUT2D eigenvalue weighted by atomic mass is 16.5. The van der Waals surface area contributed by atoms with E-state index in [0.717, 1.165) is 29.7 Å². The molecule has 1 heterocycles. The van der Waals surface area contributed by atoms with Crippen molar-refractivity contribution in [3.8, 4) is 5.75 Å². The maximum Gasteiger partial charge on any atom is 0.257 e. The number of amides is 1. The Morgan fingerprint density at radius 3 is 2.42 bits per heavy atom. The summed E-state index contributed by atoms with van der Waals surface area (Å²) in [6.45, 7) is 2.81. The highest BCUT2D eigenvalue weighted by molar-refractivity contribution is 5.77. The van der Waals surface area contributed by atoms with Gasteiger partial charge in [-0.1, -0.05) is 60.7 Å². The molecule has 0 aliphatic heterocycles. The van der Waals surface area contributed by atoms with Crippen molar-refractivity contribution in [2.75, 3.05) is 13.2 Å². The third kappa shape index (κ3) is 5.12. The van der Waals surface area contributed by atoms with Gasteiger partial charge in [-0.25, -0.2) is 4.98 Å². The van der Waals surface area contributed by atoms with E-state index in [-0.39, 0.29) is 18.6 Å². The molecule has 0 spiro atoms. The monoisotopic (exact) mass is 413 g/mol. The highest BCUT2D eigenvalue weighted by Gasteiger charge is 2.16. The van der Waals surface area contributed by atoms with Crippen LogP contribution in [0.5, 0.6) is 5.75 Å². The van der Waals surface area contributed by atoms with Gasteiger partial charge in [-0.05, 0) is 43.2 Å². The topological polar surface area (TPSA) is 56.2 Å². The molecule has 4 rings (SSSR count). The van der Waals surface area contributed by atoms with Crippen molar-refractivity contribution in [3.63, 3.8) is 0 Å². The minimum Gasteiger partial charge on any atom is -0.484 e. The number of benzene rings is 3. The summed E-state index contributed by atoms with van der Waals surface area (Å²) in [6.07, 6.45) is 1.59. The van der Waals surface area contributed by atoms with Gasteiger partial charge in [0.15, 0.2) is 6.61 Å². The maximum absolute atomic E-state index is 12.1. The summed E-state index contributed by atoms with van der Waals surface area (Å²) in [4.78, 5) is 16.9. The minimum atomic E-state index is -0.116. The van der Waals surface area contributed by atoms with Crippen molar-refractivity contribution in [1.82, 2.24) is 14.9 Å². The molecular weight excluding hydrogens is 386 g/mol. The SMILES string of the molecule is CC(c1ccccc1)n1c(CCCNC(=O)COc2ccccc2)nc2ccccc21. The van der Waals surface area contributed by atoms with Gasteiger partial charge in [0.25, 0.3) is 5.91 Å². The van der Waals surface area contributed by atoms with Crippen LogP contribution in [0.3, 0.4) is 0 Å². The predicted octanol–water partition coefficient (Wildman–Crippen LogP) is 4.77. The lowest BCUT2D eigenvalue weighted by molar-refractivity contribution is -0.123. The van der Waals surface area contributed by atoms with Gasteiger partial charge in [0, 0.05) is 13.0 Å². The Morgan fingerprint density at radius 2 is 1.65 bits per heavy atom. The maximum atomic E-state index is 12.1. The van der Waals surface area contributed by atoms with Crippen LogP contribution in [0.15, 0.2) is 84.9 Å². The molecule has 0 radical (unpaired) electrons. The van der Waals surface area contributed by atoms with E-state index < -0.39 is 0 Å². The molecule has 0 bridgehead atoms. The van der Waals surface area contributed by atoms with E-state index in [9.17, 15) is 4.79 Å². The molecule has 1 N–H and O–H groups in total. The number of nitrogens with zero attached hydrogens (tertiary/aromatic N) is 2. The summed E-state index contributed by atoms with van der Waals surface area (Å²) in [5.74, 6) is 1.61. The molecule has 0 saturated heterocycles. The third-order valence-corrected chi connectivity index (χ3v) is 5.35. The zero-order valence-corrected chi connectivity index (χ0v) is 17.7. The quantitative estimate of drug-likeness (QED) is 0.402. The number of carbonyl (C=O) groups is 1. The molecule has 4 aromatic rings. The van der Waals surface area contributed by atoms with Crippen LogP contribution in [0.2, 0.25) is 0 Å². The second-order valence-corrected chi connectivity index (χ2v) is 7.53. The smallest absolute Gasteiger partial charge is 0.257 e. The van der Waals surface area contributed by atoms with E-state index in [1.807, 2.05) is 42.5 Å². The summed E-state index contributed by atoms with van der Waals surface area (Å²) in [5, 5.41) is 2.94. The molecule has 1 aromatic heterocycles. The molecule has 0 aliphatic rings. The average molecular weight is 414 g/mol. The normalized spacial score (nSPS) is 11.9. The number of rotatable bonds is 9. The van der Waals surface area contributed by atoms with Crippen molar-refractivity contribution in [2.24, 2.45) is 0 Å². The fraction of sp³-hybridized carbons (Fsp3) is 0.231. The Morgan fingerprint density at radius 1 is 0.968 bits per heavy atom. The molecular formula is C26H27N3O2. The van der Waals surface area contributed by atoms with Gasteiger partial charge in [0.1, 0.15) is 11.6 Å². The Labute approximate surface area is 182 Å². The van der Waals surface area contributed by atoms with Gasteiger partial charge in [-0.2, -0.15) is 0 Å². The van der Waals surface area contributed by atoms with Crippen molar-refractivity contribution in [1.29, 1.82) is 0 Å².